The maximum atomic E-state index is 13.8. The van der Waals surface area contributed by atoms with E-state index in [9.17, 15) is 14.0 Å². The molecule has 1 atom stereocenters. The van der Waals surface area contributed by atoms with Crippen molar-refractivity contribution >= 4 is 27.6 Å². The maximum absolute atomic E-state index is 13.8. The van der Waals surface area contributed by atoms with Crippen LogP contribution in [0.1, 0.15) is 48.0 Å². The first-order valence-corrected chi connectivity index (χ1v) is 11.8. The van der Waals surface area contributed by atoms with Gasteiger partial charge in [-0.3, -0.25) is 9.59 Å². The lowest BCUT2D eigenvalue weighted by atomic mass is 9.97. The molecule has 1 amide bonds. The zero-order valence-electron chi connectivity index (χ0n) is 19.4. The van der Waals surface area contributed by atoms with Crippen LogP contribution in [0.5, 0.6) is 0 Å². The average molecular weight is 459 g/mol. The van der Waals surface area contributed by atoms with Gasteiger partial charge in [0.05, 0.1) is 17.0 Å². The first-order chi connectivity index (χ1) is 16.5. The average Bonchev–Trinajstić information content (AvgIpc) is 3.14. The lowest BCUT2D eigenvalue weighted by Crippen LogP contribution is -2.33. The highest BCUT2D eigenvalue weighted by molar-refractivity contribution is 6.06. The van der Waals surface area contributed by atoms with Crippen LogP contribution in [0.4, 0.5) is 4.39 Å². The number of carbonyl (C=O) groups excluding carboxylic acids is 1. The van der Waals surface area contributed by atoms with Crippen LogP contribution in [-0.2, 0) is 0 Å². The Kier molecular flexibility index (Phi) is 5.92. The molecular formula is C28H27FN2O3. The summed E-state index contributed by atoms with van der Waals surface area (Å²) in [5.41, 5.74) is 1.25. The van der Waals surface area contributed by atoms with E-state index >= 15 is 0 Å². The third-order valence-corrected chi connectivity index (χ3v) is 6.81. The van der Waals surface area contributed by atoms with Crippen molar-refractivity contribution in [2.75, 3.05) is 26.2 Å². The molecule has 0 bridgehead atoms. The Hall–Kier alpha value is -3.51. The van der Waals surface area contributed by atoms with Crippen LogP contribution < -0.4 is 5.43 Å². The Bertz CT molecular complexity index is 1420. The van der Waals surface area contributed by atoms with Gasteiger partial charge in [-0.15, -0.1) is 0 Å². The summed E-state index contributed by atoms with van der Waals surface area (Å²) in [6.07, 6.45) is 0.760. The molecule has 1 aromatic heterocycles. The van der Waals surface area contributed by atoms with Crippen molar-refractivity contribution < 1.29 is 13.6 Å². The van der Waals surface area contributed by atoms with Gasteiger partial charge in [0.1, 0.15) is 11.4 Å². The van der Waals surface area contributed by atoms with Gasteiger partial charge < -0.3 is 14.2 Å². The lowest BCUT2D eigenvalue weighted by Gasteiger charge is -2.26. The van der Waals surface area contributed by atoms with E-state index in [0.717, 1.165) is 36.8 Å². The van der Waals surface area contributed by atoms with Gasteiger partial charge in [-0.25, -0.2) is 4.39 Å². The summed E-state index contributed by atoms with van der Waals surface area (Å²) < 4.78 is 19.9. The summed E-state index contributed by atoms with van der Waals surface area (Å²) in [5.74, 6) is -0.569. The molecule has 0 aliphatic carbocycles. The number of halogens is 1. The zero-order valence-corrected chi connectivity index (χ0v) is 19.4. The van der Waals surface area contributed by atoms with E-state index in [4.69, 9.17) is 4.42 Å². The Balaban J connectivity index is 1.65. The van der Waals surface area contributed by atoms with Crippen LogP contribution in [0, 0.1) is 5.82 Å². The molecule has 2 heterocycles. The molecule has 0 radical (unpaired) electrons. The van der Waals surface area contributed by atoms with Gasteiger partial charge in [0, 0.05) is 11.9 Å². The van der Waals surface area contributed by atoms with E-state index in [0.29, 0.717) is 28.6 Å². The Morgan fingerprint density at radius 2 is 1.68 bits per heavy atom. The predicted molar refractivity (Wildman–Crippen MR) is 132 cm³/mol. The smallest absolute Gasteiger partial charge is 0.290 e. The molecule has 0 fully saturated rings. The van der Waals surface area contributed by atoms with E-state index in [1.165, 1.54) is 12.1 Å². The molecule has 3 aromatic carbocycles. The van der Waals surface area contributed by atoms with Crippen molar-refractivity contribution in [2.45, 2.75) is 26.3 Å². The third-order valence-electron chi connectivity index (χ3n) is 6.81. The molecule has 1 unspecified atom stereocenters. The minimum absolute atomic E-state index is 0.0889. The molecule has 0 N–H and O–H groups in total. The summed E-state index contributed by atoms with van der Waals surface area (Å²) >= 11 is 0. The minimum atomic E-state index is -0.605. The van der Waals surface area contributed by atoms with Crippen molar-refractivity contribution in [2.24, 2.45) is 0 Å². The van der Waals surface area contributed by atoms with E-state index < -0.39 is 6.04 Å². The molecule has 5 nitrogen and oxygen atoms in total. The van der Waals surface area contributed by atoms with Crippen molar-refractivity contribution in [1.29, 1.82) is 0 Å². The molecule has 0 saturated heterocycles. The quantitative estimate of drug-likeness (QED) is 0.350. The fraction of sp³-hybridized carbons (Fsp3) is 0.286. The summed E-state index contributed by atoms with van der Waals surface area (Å²) in [6.45, 7) is 7.41. The van der Waals surface area contributed by atoms with Crippen molar-refractivity contribution in [1.82, 2.24) is 9.80 Å². The molecule has 0 spiro atoms. The number of nitrogens with zero attached hydrogens (tertiary/aromatic N) is 2. The molecule has 1 aliphatic heterocycles. The highest BCUT2D eigenvalue weighted by Gasteiger charge is 2.42. The van der Waals surface area contributed by atoms with Gasteiger partial charge >= 0.3 is 0 Å². The molecule has 174 valence electrons. The van der Waals surface area contributed by atoms with Gasteiger partial charge in [-0.05, 0) is 55.2 Å². The fourth-order valence-electron chi connectivity index (χ4n) is 4.97. The van der Waals surface area contributed by atoms with Crippen LogP contribution in [0.3, 0.4) is 0 Å². The predicted octanol–water partition coefficient (Wildman–Crippen LogP) is 5.36. The van der Waals surface area contributed by atoms with Gasteiger partial charge in [0.15, 0.2) is 5.43 Å². The van der Waals surface area contributed by atoms with Crippen molar-refractivity contribution in [3.05, 3.63) is 93.6 Å². The van der Waals surface area contributed by atoms with E-state index in [-0.39, 0.29) is 22.9 Å². The number of hydrogen-bond acceptors (Lipinski definition) is 4. The van der Waals surface area contributed by atoms with Crippen molar-refractivity contribution in [3.8, 4) is 0 Å². The second kappa shape index (κ2) is 9.03. The number of fused-ring (bicyclic) bond motifs is 4. The Morgan fingerprint density at radius 3 is 2.41 bits per heavy atom. The van der Waals surface area contributed by atoms with Crippen LogP contribution in [0.2, 0.25) is 0 Å². The highest BCUT2D eigenvalue weighted by atomic mass is 19.1. The summed E-state index contributed by atoms with van der Waals surface area (Å²) in [7, 11) is 0. The summed E-state index contributed by atoms with van der Waals surface area (Å²) in [4.78, 5) is 31.4. The van der Waals surface area contributed by atoms with Gasteiger partial charge in [0.2, 0.25) is 5.76 Å². The Morgan fingerprint density at radius 1 is 0.941 bits per heavy atom. The molecule has 1 aliphatic rings. The zero-order chi connectivity index (χ0) is 23.8. The first-order valence-electron chi connectivity index (χ1n) is 11.8. The molecule has 4 aromatic rings. The SMILES string of the molecule is CCN(CC)CCCN1C(=O)c2oc3c(ccc4ccccc43)c(=O)c2C1c1ccc(F)cc1. The second-order valence-electron chi connectivity index (χ2n) is 8.67. The third kappa shape index (κ3) is 3.68. The van der Waals surface area contributed by atoms with E-state index in [1.807, 2.05) is 30.3 Å². The highest BCUT2D eigenvalue weighted by Crippen LogP contribution is 2.39. The topological polar surface area (TPSA) is 53.8 Å². The summed E-state index contributed by atoms with van der Waals surface area (Å²) in [6, 6.07) is 16.7. The number of carbonyl (C=O) groups is 1. The normalized spacial score (nSPS) is 15.6. The fourth-order valence-corrected chi connectivity index (χ4v) is 4.97. The molecule has 6 heteroatoms. The monoisotopic (exact) mass is 458 g/mol. The van der Waals surface area contributed by atoms with Crippen molar-refractivity contribution in [3.63, 3.8) is 0 Å². The van der Waals surface area contributed by atoms with Crippen LogP contribution >= 0.6 is 0 Å². The van der Waals surface area contributed by atoms with Gasteiger partial charge in [0.25, 0.3) is 5.91 Å². The number of hydrogen-bond donors (Lipinski definition) is 0. The lowest BCUT2D eigenvalue weighted by molar-refractivity contribution is 0.0720. The van der Waals surface area contributed by atoms with E-state index in [1.54, 1.807) is 23.1 Å². The van der Waals surface area contributed by atoms with E-state index in [2.05, 4.69) is 18.7 Å². The number of rotatable bonds is 7. The molecule has 34 heavy (non-hydrogen) atoms. The summed E-state index contributed by atoms with van der Waals surface area (Å²) in [5, 5.41) is 2.18. The largest absolute Gasteiger partial charge is 0.450 e. The Labute approximate surface area is 197 Å². The van der Waals surface area contributed by atoms with Crippen LogP contribution in [0.15, 0.2) is 69.9 Å². The maximum Gasteiger partial charge on any atom is 0.290 e. The van der Waals surface area contributed by atoms with Crippen LogP contribution in [-0.4, -0.2) is 41.9 Å². The standard InChI is InChI=1S/C28H27FN2O3/c1-3-30(4-2)16-7-17-31-24(19-10-13-20(29)14-11-19)23-25(32)22-15-12-18-8-5-6-9-21(18)26(22)34-27(23)28(31)33/h5-6,8-15,24H,3-4,7,16-17H2,1-2H3. The first kappa shape index (κ1) is 22.3. The molecular weight excluding hydrogens is 431 g/mol. The number of benzene rings is 3. The number of amides is 1. The minimum Gasteiger partial charge on any atom is -0.450 e. The second-order valence-corrected chi connectivity index (χ2v) is 8.67. The molecule has 0 saturated carbocycles. The van der Waals surface area contributed by atoms with Crippen LogP contribution in [0.25, 0.3) is 21.7 Å². The van der Waals surface area contributed by atoms with Gasteiger partial charge in [-0.2, -0.15) is 0 Å². The molecule has 5 rings (SSSR count). The van der Waals surface area contributed by atoms with Gasteiger partial charge in [-0.1, -0.05) is 56.3 Å².